The van der Waals surface area contributed by atoms with Crippen LogP contribution in [0.5, 0.6) is 0 Å². The van der Waals surface area contributed by atoms with E-state index in [1.165, 1.54) is 11.1 Å². The maximum absolute atomic E-state index is 5.87. The molecule has 0 fully saturated rings. The lowest BCUT2D eigenvalue weighted by molar-refractivity contribution is 0.620. The third-order valence-electron chi connectivity index (χ3n) is 4.37. The number of oxazole rings is 1. The molecule has 1 heterocycles. The maximum Gasteiger partial charge on any atom is 0.227 e. The molecule has 0 spiro atoms. The second kappa shape index (κ2) is 6.89. The van der Waals surface area contributed by atoms with Crippen molar-refractivity contribution in [1.29, 1.82) is 0 Å². The Morgan fingerprint density at radius 2 is 1.50 bits per heavy atom. The van der Waals surface area contributed by atoms with Crippen LogP contribution < -0.4 is 5.32 Å². The van der Waals surface area contributed by atoms with Crippen LogP contribution in [0.15, 0.2) is 71.1 Å². The highest BCUT2D eigenvalue weighted by Gasteiger charge is 2.07. The number of hydrogen-bond donors (Lipinski definition) is 1. The number of aryl methyl sites for hydroxylation is 1. The van der Waals surface area contributed by atoms with E-state index in [0.29, 0.717) is 5.89 Å². The highest BCUT2D eigenvalue weighted by atomic mass is 16.3. The third-order valence-corrected chi connectivity index (χ3v) is 4.37. The molecule has 0 unspecified atom stereocenters. The van der Waals surface area contributed by atoms with Gasteiger partial charge in [-0.1, -0.05) is 42.5 Å². The van der Waals surface area contributed by atoms with E-state index in [1.54, 1.807) is 0 Å². The zero-order chi connectivity index (χ0) is 17.9. The Morgan fingerprint density at radius 1 is 0.846 bits per heavy atom. The Hall–Kier alpha value is -3.33. The van der Waals surface area contributed by atoms with Crippen molar-refractivity contribution in [1.82, 2.24) is 4.98 Å². The number of benzene rings is 3. The summed E-state index contributed by atoms with van der Waals surface area (Å²) in [5.41, 5.74) is 7.30. The molecule has 4 aromatic rings. The van der Waals surface area contributed by atoms with Crippen molar-refractivity contribution in [2.45, 2.75) is 6.92 Å². The maximum atomic E-state index is 5.87. The highest BCUT2D eigenvalue weighted by Crippen LogP contribution is 2.25. The highest BCUT2D eigenvalue weighted by molar-refractivity contribution is 5.77. The Balaban J connectivity index is 1.54. The summed E-state index contributed by atoms with van der Waals surface area (Å²) in [7, 11) is 1.92. The van der Waals surface area contributed by atoms with E-state index in [9.17, 15) is 0 Å². The summed E-state index contributed by atoms with van der Waals surface area (Å²) < 4.78 is 5.87. The minimum Gasteiger partial charge on any atom is -0.436 e. The fraction of sp³-hybridized carbons (Fsp3) is 0.0870. The van der Waals surface area contributed by atoms with Gasteiger partial charge in [-0.15, -0.1) is 0 Å². The van der Waals surface area contributed by atoms with Crippen LogP contribution >= 0.6 is 0 Å². The minimum atomic E-state index is 0.656. The van der Waals surface area contributed by atoms with Crippen molar-refractivity contribution in [3.63, 3.8) is 0 Å². The van der Waals surface area contributed by atoms with Gasteiger partial charge in [0.15, 0.2) is 5.58 Å². The van der Waals surface area contributed by atoms with Gasteiger partial charge in [-0.25, -0.2) is 4.98 Å². The van der Waals surface area contributed by atoms with Gasteiger partial charge in [0.25, 0.3) is 0 Å². The van der Waals surface area contributed by atoms with Gasteiger partial charge in [0.2, 0.25) is 5.89 Å². The van der Waals surface area contributed by atoms with Crippen molar-refractivity contribution in [2.24, 2.45) is 0 Å². The lowest BCUT2D eigenvalue weighted by atomic mass is 10.1. The quantitative estimate of drug-likeness (QED) is 0.462. The molecule has 3 heteroatoms. The van der Waals surface area contributed by atoms with Crippen molar-refractivity contribution >= 4 is 28.9 Å². The zero-order valence-corrected chi connectivity index (χ0v) is 14.9. The van der Waals surface area contributed by atoms with Gasteiger partial charge in [0.05, 0.1) is 0 Å². The Kier molecular flexibility index (Phi) is 4.28. The number of aromatic nitrogens is 1. The standard InChI is InChI=1S/C23H20N2O/c1-16-3-14-22-21(15-16)25-23(26-22)19-10-6-17(7-11-19)4-5-18-8-12-20(24-2)13-9-18/h3-15,24H,1-2H3/b5-4+. The fourth-order valence-corrected chi connectivity index (χ4v) is 2.85. The van der Waals surface area contributed by atoms with Crippen molar-refractivity contribution in [3.05, 3.63) is 83.4 Å². The Morgan fingerprint density at radius 3 is 2.15 bits per heavy atom. The Bertz CT molecular complexity index is 1060. The SMILES string of the molecule is CNc1ccc(/C=C/c2ccc(-c3nc4cc(C)ccc4o3)cc2)cc1. The molecule has 4 rings (SSSR count). The van der Waals surface area contributed by atoms with Crippen LogP contribution in [0.2, 0.25) is 0 Å². The number of fused-ring (bicyclic) bond motifs is 1. The molecule has 0 saturated carbocycles. The van der Waals surface area contributed by atoms with Crippen molar-refractivity contribution < 1.29 is 4.42 Å². The molecular formula is C23H20N2O. The van der Waals surface area contributed by atoms with Crippen molar-refractivity contribution in [3.8, 4) is 11.5 Å². The van der Waals surface area contributed by atoms with Crippen LogP contribution in [-0.2, 0) is 0 Å². The van der Waals surface area contributed by atoms with Crippen LogP contribution in [0, 0.1) is 6.92 Å². The molecule has 1 N–H and O–H groups in total. The predicted molar refractivity (Wildman–Crippen MR) is 109 cm³/mol. The molecule has 0 aliphatic rings. The lowest BCUT2D eigenvalue weighted by Gasteiger charge is -2.00. The summed E-state index contributed by atoms with van der Waals surface area (Å²) in [5, 5.41) is 3.12. The molecule has 26 heavy (non-hydrogen) atoms. The van der Waals surface area contributed by atoms with E-state index in [2.05, 4.69) is 65.8 Å². The predicted octanol–water partition coefficient (Wildman–Crippen LogP) is 6.02. The molecule has 3 nitrogen and oxygen atoms in total. The second-order valence-corrected chi connectivity index (χ2v) is 6.32. The van der Waals surface area contributed by atoms with E-state index in [0.717, 1.165) is 27.9 Å². The lowest BCUT2D eigenvalue weighted by Crippen LogP contribution is -1.86. The molecular weight excluding hydrogens is 320 g/mol. The van der Waals surface area contributed by atoms with Crippen LogP contribution in [0.4, 0.5) is 5.69 Å². The molecule has 0 aliphatic carbocycles. The van der Waals surface area contributed by atoms with Gasteiger partial charge in [0.1, 0.15) is 5.52 Å². The molecule has 0 atom stereocenters. The first-order valence-corrected chi connectivity index (χ1v) is 8.65. The van der Waals surface area contributed by atoms with E-state index in [-0.39, 0.29) is 0 Å². The monoisotopic (exact) mass is 340 g/mol. The first kappa shape index (κ1) is 16.2. The van der Waals surface area contributed by atoms with E-state index in [1.807, 2.05) is 37.4 Å². The molecule has 3 aromatic carbocycles. The number of nitrogens with one attached hydrogen (secondary N) is 1. The molecule has 0 radical (unpaired) electrons. The van der Waals surface area contributed by atoms with Crippen LogP contribution in [0.1, 0.15) is 16.7 Å². The Labute approximate surface area is 153 Å². The largest absolute Gasteiger partial charge is 0.436 e. The zero-order valence-electron chi connectivity index (χ0n) is 14.9. The molecule has 0 bridgehead atoms. The van der Waals surface area contributed by atoms with Gasteiger partial charge in [-0.05, 0) is 60.0 Å². The van der Waals surface area contributed by atoms with Crippen LogP contribution in [0.3, 0.4) is 0 Å². The van der Waals surface area contributed by atoms with E-state index < -0.39 is 0 Å². The van der Waals surface area contributed by atoms with Crippen molar-refractivity contribution in [2.75, 3.05) is 12.4 Å². The molecule has 1 aromatic heterocycles. The van der Waals surface area contributed by atoms with Gasteiger partial charge >= 0.3 is 0 Å². The number of nitrogens with zero attached hydrogens (tertiary/aromatic N) is 1. The molecule has 128 valence electrons. The summed E-state index contributed by atoms with van der Waals surface area (Å²) in [6.07, 6.45) is 4.21. The van der Waals surface area contributed by atoms with Crippen LogP contribution in [-0.4, -0.2) is 12.0 Å². The first-order valence-electron chi connectivity index (χ1n) is 8.65. The molecule has 0 aliphatic heterocycles. The summed E-state index contributed by atoms with van der Waals surface area (Å²) in [6, 6.07) is 22.6. The fourth-order valence-electron chi connectivity index (χ4n) is 2.85. The summed E-state index contributed by atoms with van der Waals surface area (Å²) in [6.45, 7) is 2.06. The molecule has 0 saturated heterocycles. The van der Waals surface area contributed by atoms with Gasteiger partial charge in [-0.2, -0.15) is 0 Å². The number of anilines is 1. The first-order chi connectivity index (χ1) is 12.7. The van der Waals surface area contributed by atoms with E-state index >= 15 is 0 Å². The van der Waals surface area contributed by atoms with Crippen LogP contribution in [0.25, 0.3) is 34.7 Å². The topological polar surface area (TPSA) is 38.1 Å². The average molecular weight is 340 g/mol. The van der Waals surface area contributed by atoms with E-state index in [4.69, 9.17) is 4.42 Å². The minimum absolute atomic E-state index is 0.656. The number of hydrogen-bond acceptors (Lipinski definition) is 3. The smallest absolute Gasteiger partial charge is 0.227 e. The summed E-state index contributed by atoms with van der Waals surface area (Å²) >= 11 is 0. The number of rotatable bonds is 4. The van der Waals surface area contributed by atoms with Gasteiger partial charge in [0, 0.05) is 18.3 Å². The average Bonchev–Trinajstić information content (AvgIpc) is 3.10. The van der Waals surface area contributed by atoms with Gasteiger partial charge < -0.3 is 9.73 Å². The third kappa shape index (κ3) is 3.38. The normalized spacial score (nSPS) is 11.3. The summed E-state index contributed by atoms with van der Waals surface area (Å²) in [5.74, 6) is 0.656. The summed E-state index contributed by atoms with van der Waals surface area (Å²) in [4.78, 5) is 4.59. The molecule has 0 amide bonds. The van der Waals surface area contributed by atoms with Gasteiger partial charge in [-0.3, -0.25) is 0 Å². The second-order valence-electron chi connectivity index (χ2n) is 6.32.